The van der Waals surface area contributed by atoms with Crippen LogP contribution in [0.5, 0.6) is 11.5 Å². The third-order valence-electron chi connectivity index (χ3n) is 4.04. The Hall–Kier alpha value is -3.28. The molecule has 2 aromatic carbocycles. The summed E-state index contributed by atoms with van der Waals surface area (Å²) in [5.41, 5.74) is 2.76. The summed E-state index contributed by atoms with van der Waals surface area (Å²) in [5.74, 6) is 1.96. The Balaban J connectivity index is 1.59. The SMILES string of the molecule is COc1ccc(CCC(=O)Nc2cc(-c3ccccc3OC)[nH]n2)cc1. The molecule has 3 rings (SSSR count). The molecule has 0 aliphatic carbocycles. The van der Waals surface area contributed by atoms with Gasteiger partial charge in [0.25, 0.3) is 0 Å². The molecule has 1 aromatic heterocycles. The van der Waals surface area contributed by atoms with E-state index < -0.39 is 0 Å². The van der Waals surface area contributed by atoms with Crippen LogP contribution < -0.4 is 14.8 Å². The van der Waals surface area contributed by atoms with E-state index in [1.54, 1.807) is 20.3 Å². The van der Waals surface area contributed by atoms with Crippen LogP contribution in [0.1, 0.15) is 12.0 Å². The zero-order valence-electron chi connectivity index (χ0n) is 14.8. The lowest BCUT2D eigenvalue weighted by Crippen LogP contribution is -2.12. The molecule has 1 amide bonds. The maximum atomic E-state index is 12.2. The number of ether oxygens (including phenoxy) is 2. The standard InChI is InChI=1S/C20H21N3O3/c1-25-15-10-7-14(8-11-15)9-12-20(24)21-19-13-17(22-23-19)16-5-3-4-6-18(16)26-2/h3-8,10-11,13H,9,12H2,1-2H3,(H2,21,22,23,24). The fraction of sp³-hybridized carbons (Fsp3) is 0.200. The molecule has 0 radical (unpaired) electrons. The van der Waals surface area contributed by atoms with Gasteiger partial charge in [-0.2, -0.15) is 5.10 Å². The molecule has 2 N–H and O–H groups in total. The number of hydrogen-bond donors (Lipinski definition) is 2. The fourth-order valence-corrected chi connectivity index (χ4v) is 2.65. The molecule has 3 aromatic rings. The highest BCUT2D eigenvalue weighted by atomic mass is 16.5. The first-order valence-corrected chi connectivity index (χ1v) is 8.31. The molecular formula is C20H21N3O3. The number of aromatic nitrogens is 2. The molecule has 6 heteroatoms. The van der Waals surface area contributed by atoms with Crippen LogP contribution in [0.3, 0.4) is 0 Å². The molecule has 26 heavy (non-hydrogen) atoms. The zero-order valence-corrected chi connectivity index (χ0v) is 14.8. The summed E-state index contributed by atoms with van der Waals surface area (Å²) >= 11 is 0. The van der Waals surface area contributed by atoms with Crippen LogP contribution in [0.4, 0.5) is 5.82 Å². The van der Waals surface area contributed by atoms with Crippen molar-refractivity contribution in [2.75, 3.05) is 19.5 Å². The van der Waals surface area contributed by atoms with Crippen molar-refractivity contribution in [3.8, 4) is 22.8 Å². The first-order chi connectivity index (χ1) is 12.7. The Morgan fingerprint density at radius 3 is 2.58 bits per heavy atom. The minimum Gasteiger partial charge on any atom is -0.497 e. The molecule has 0 atom stereocenters. The minimum atomic E-state index is -0.0844. The summed E-state index contributed by atoms with van der Waals surface area (Å²) in [5, 5.41) is 9.90. The van der Waals surface area contributed by atoms with Gasteiger partial charge in [0.15, 0.2) is 5.82 Å². The van der Waals surface area contributed by atoms with E-state index >= 15 is 0 Å². The molecule has 6 nitrogen and oxygen atoms in total. The first-order valence-electron chi connectivity index (χ1n) is 8.31. The number of carbonyl (C=O) groups excluding carboxylic acids is 1. The number of nitrogens with one attached hydrogen (secondary N) is 2. The third kappa shape index (κ3) is 4.22. The lowest BCUT2D eigenvalue weighted by Gasteiger charge is -2.05. The average molecular weight is 351 g/mol. The second-order valence-electron chi connectivity index (χ2n) is 5.76. The van der Waals surface area contributed by atoms with E-state index in [9.17, 15) is 4.79 Å². The molecule has 0 saturated carbocycles. The molecule has 134 valence electrons. The molecule has 0 aliphatic rings. The van der Waals surface area contributed by atoms with E-state index in [2.05, 4.69) is 15.5 Å². The highest BCUT2D eigenvalue weighted by molar-refractivity contribution is 5.90. The van der Waals surface area contributed by atoms with Crippen molar-refractivity contribution in [3.63, 3.8) is 0 Å². The Morgan fingerprint density at radius 1 is 1.08 bits per heavy atom. The van der Waals surface area contributed by atoms with Crippen LogP contribution in [-0.4, -0.2) is 30.3 Å². The minimum absolute atomic E-state index is 0.0844. The highest BCUT2D eigenvalue weighted by Crippen LogP contribution is 2.29. The van der Waals surface area contributed by atoms with Crippen LogP contribution in [0.15, 0.2) is 54.6 Å². The largest absolute Gasteiger partial charge is 0.497 e. The summed E-state index contributed by atoms with van der Waals surface area (Å²) in [6.45, 7) is 0. The van der Waals surface area contributed by atoms with Gasteiger partial charge < -0.3 is 14.8 Å². The van der Waals surface area contributed by atoms with Gasteiger partial charge in [-0.05, 0) is 36.2 Å². The number of aryl methyl sites for hydroxylation is 1. The molecule has 0 spiro atoms. The number of H-pyrrole nitrogens is 1. The van der Waals surface area contributed by atoms with E-state index in [0.29, 0.717) is 18.7 Å². The van der Waals surface area contributed by atoms with Gasteiger partial charge in [-0.1, -0.05) is 24.3 Å². The van der Waals surface area contributed by atoms with Crippen molar-refractivity contribution in [3.05, 3.63) is 60.2 Å². The van der Waals surface area contributed by atoms with Crippen LogP contribution in [-0.2, 0) is 11.2 Å². The molecule has 1 heterocycles. The molecule has 0 saturated heterocycles. The van der Waals surface area contributed by atoms with E-state index in [-0.39, 0.29) is 5.91 Å². The number of methoxy groups -OCH3 is 2. The Morgan fingerprint density at radius 2 is 1.85 bits per heavy atom. The molecule has 0 unspecified atom stereocenters. The predicted octanol–water partition coefficient (Wildman–Crippen LogP) is 3.67. The third-order valence-corrected chi connectivity index (χ3v) is 4.04. The number of amides is 1. The summed E-state index contributed by atoms with van der Waals surface area (Å²) < 4.78 is 10.5. The van der Waals surface area contributed by atoms with Crippen LogP contribution in [0, 0.1) is 0 Å². The number of aromatic amines is 1. The number of carbonyl (C=O) groups is 1. The average Bonchev–Trinajstić information content (AvgIpc) is 3.15. The second-order valence-corrected chi connectivity index (χ2v) is 5.76. The van der Waals surface area contributed by atoms with E-state index in [1.807, 2.05) is 48.5 Å². The van der Waals surface area contributed by atoms with Crippen molar-refractivity contribution in [1.82, 2.24) is 10.2 Å². The van der Waals surface area contributed by atoms with Crippen molar-refractivity contribution < 1.29 is 14.3 Å². The van der Waals surface area contributed by atoms with E-state index in [4.69, 9.17) is 9.47 Å². The highest BCUT2D eigenvalue weighted by Gasteiger charge is 2.10. The van der Waals surface area contributed by atoms with Crippen molar-refractivity contribution in [1.29, 1.82) is 0 Å². The van der Waals surface area contributed by atoms with Gasteiger partial charge >= 0.3 is 0 Å². The van der Waals surface area contributed by atoms with Crippen LogP contribution in [0.2, 0.25) is 0 Å². The topological polar surface area (TPSA) is 76.2 Å². The summed E-state index contributed by atoms with van der Waals surface area (Å²) in [6, 6.07) is 17.1. The summed E-state index contributed by atoms with van der Waals surface area (Å²) in [7, 11) is 3.25. The zero-order chi connectivity index (χ0) is 18.4. The van der Waals surface area contributed by atoms with Gasteiger partial charge in [0.05, 0.1) is 19.9 Å². The quantitative estimate of drug-likeness (QED) is 0.681. The maximum Gasteiger partial charge on any atom is 0.225 e. The van der Waals surface area contributed by atoms with Gasteiger partial charge in [-0.15, -0.1) is 0 Å². The Labute approximate surface area is 152 Å². The molecule has 0 aliphatic heterocycles. The van der Waals surface area contributed by atoms with Crippen molar-refractivity contribution >= 4 is 11.7 Å². The first kappa shape index (κ1) is 17.5. The molecule has 0 fully saturated rings. The monoisotopic (exact) mass is 351 g/mol. The van der Waals surface area contributed by atoms with Crippen LogP contribution in [0.25, 0.3) is 11.3 Å². The number of anilines is 1. The number of hydrogen-bond acceptors (Lipinski definition) is 4. The van der Waals surface area contributed by atoms with Gasteiger partial charge in [0.1, 0.15) is 11.5 Å². The van der Waals surface area contributed by atoms with Gasteiger partial charge in [-0.25, -0.2) is 0 Å². The number of benzene rings is 2. The van der Waals surface area contributed by atoms with Crippen molar-refractivity contribution in [2.45, 2.75) is 12.8 Å². The van der Waals surface area contributed by atoms with Gasteiger partial charge in [0, 0.05) is 18.1 Å². The number of rotatable bonds is 7. The van der Waals surface area contributed by atoms with E-state index in [1.165, 1.54) is 0 Å². The number of para-hydroxylation sites is 1. The van der Waals surface area contributed by atoms with E-state index in [0.717, 1.165) is 28.3 Å². The fourth-order valence-electron chi connectivity index (χ4n) is 2.65. The van der Waals surface area contributed by atoms with Crippen LogP contribution >= 0.6 is 0 Å². The van der Waals surface area contributed by atoms with Gasteiger partial charge in [0.2, 0.25) is 5.91 Å². The summed E-state index contributed by atoms with van der Waals surface area (Å²) in [6.07, 6.45) is 1.03. The smallest absolute Gasteiger partial charge is 0.225 e. The van der Waals surface area contributed by atoms with Crippen molar-refractivity contribution in [2.24, 2.45) is 0 Å². The molecule has 0 bridgehead atoms. The Kier molecular flexibility index (Phi) is 5.53. The Bertz CT molecular complexity index is 872. The predicted molar refractivity (Wildman–Crippen MR) is 101 cm³/mol. The van der Waals surface area contributed by atoms with Gasteiger partial charge in [-0.3, -0.25) is 9.89 Å². The number of nitrogens with zero attached hydrogens (tertiary/aromatic N) is 1. The lowest BCUT2D eigenvalue weighted by molar-refractivity contribution is -0.116. The maximum absolute atomic E-state index is 12.2. The second kappa shape index (κ2) is 8.20. The molecular weight excluding hydrogens is 330 g/mol. The normalized spacial score (nSPS) is 10.4. The summed E-state index contributed by atoms with van der Waals surface area (Å²) in [4.78, 5) is 12.2. The lowest BCUT2D eigenvalue weighted by atomic mass is 10.1.